The fourth-order valence-corrected chi connectivity index (χ4v) is 3.65. The molecule has 0 atom stereocenters. The number of thioether (sulfide) groups is 1. The summed E-state index contributed by atoms with van der Waals surface area (Å²) in [7, 11) is 1.78. The minimum Gasteiger partial charge on any atom is -0.465 e. The minimum absolute atomic E-state index is 0.0983. The molecule has 0 amide bonds. The van der Waals surface area contributed by atoms with Gasteiger partial charge in [-0.2, -0.15) is 0 Å². The first-order valence-corrected chi connectivity index (χ1v) is 7.25. The van der Waals surface area contributed by atoms with E-state index < -0.39 is 4.75 Å². The van der Waals surface area contributed by atoms with E-state index in [9.17, 15) is 4.79 Å². The first-order valence-electron chi connectivity index (χ1n) is 6.37. The van der Waals surface area contributed by atoms with Gasteiger partial charge in [0.1, 0.15) is 4.75 Å². The van der Waals surface area contributed by atoms with E-state index >= 15 is 0 Å². The molecule has 4 heteroatoms. The monoisotopic (exact) mass is 260 g/mol. The summed E-state index contributed by atoms with van der Waals surface area (Å²) in [6, 6.07) is 0. The summed E-state index contributed by atoms with van der Waals surface area (Å²) in [5.74, 6) is -0.0983. The van der Waals surface area contributed by atoms with Gasteiger partial charge in [-0.05, 0) is 46.5 Å². The molecule has 1 fully saturated rings. The summed E-state index contributed by atoms with van der Waals surface area (Å²) < 4.78 is 10.0. The van der Waals surface area contributed by atoms with E-state index in [1.807, 2.05) is 20.8 Å². The maximum atomic E-state index is 11.8. The number of esters is 1. The number of hydrogen-bond donors (Lipinski definition) is 0. The van der Waals surface area contributed by atoms with Crippen molar-refractivity contribution in [3.63, 3.8) is 0 Å². The molecule has 0 radical (unpaired) electrons. The van der Waals surface area contributed by atoms with Crippen molar-refractivity contribution in [3.8, 4) is 0 Å². The summed E-state index contributed by atoms with van der Waals surface area (Å²) in [4.78, 5) is 11.8. The maximum Gasteiger partial charge on any atom is 0.321 e. The van der Waals surface area contributed by atoms with E-state index in [4.69, 9.17) is 9.47 Å². The molecule has 1 aliphatic carbocycles. The Labute approximate surface area is 109 Å². The van der Waals surface area contributed by atoms with Crippen LogP contribution in [0.2, 0.25) is 0 Å². The van der Waals surface area contributed by atoms with E-state index in [0.717, 1.165) is 25.7 Å². The number of rotatable bonds is 5. The van der Waals surface area contributed by atoms with E-state index in [0.29, 0.717) is 18.0 Å². The zero-order chi connectivity index (χ0) is 12.9. The highest BCUT2D eigenvalue weighted by atomic mass is 32.2. The summed E-state index contributed by atoms with van der Waals surface area (Å²) in [5.41, 5.74) is 0. The topological polar surface area (TPSA) is 35.5 Å². The molecule has 0 aliphatic heterocycles. The van der Waals surface area contributed by atoms with Gasteiger partial charge >= 0.3 is 5.97 Å². The second-order valence-electron chi connectivity index (χ2n) is 4.98. The Balaban J connectivity index is 2.40. The molecule has 17 heavy (non-hydrogen) atoms. The van der Waals surface area contributed by atoms with Gasteiger partial charge in [-0.3, -0.25) is 4.79 Å². The second-order valence-corrected chi connectivity index (χ2v) is 6.91. The first-order chi connectivity index (χ1) is 7.99. The molecule has 1 aliphatic rings. The molecule has 0 saturated heterocycles. The Morgan fingerprint density at radius 3 is 2.35 bits per heavy atom. The lowest BCUT2D eigenvalue weighted by molar-refractivity contribution is -0.145. The van der Waals surface area contributed by atoms with Crippen LogP contribution in [0.15, 0.2) is 0 Å². The van der Waals surface area contributed by atoms with E-state index in [1.54, 1.807) is 18.9 Å². The van der Waals surface area contributed by atoms with Crippen LogP contribution in [0.4, 0.5) is 0 Å². The van der Waals surface area contributed by atoms with Gasteiger partial charge in [-0.25, -0.2) is 0 Å². The van der Waals surface area contributed by atoms with Crippen LogP contribution >= 0.6 is 11.8 Å². The van der Waals surface area contributed by atoms with Gasteiger partial charge in [0.15, 0.2) is 0 Å². The van der Waals surface area contributed by atoms with Crippen molar-refractivity contribution >= 4 is 17.7 Å². The summed E-state index contributed by atoms with van der Waals surface area (Å²) >= 11 is 1.75. The molecule has 0 heterocycles. The fourth-order valence-electron chi connectivity index (χ4n) is 2.16. The molecule has 1 saturated carbocycles. The van der Waals surface area contributed by atoms with Gasteiger partial charge in [-0.1, -0.05) is 0 Å². The third kappa shape index (κ3) is 4.51. The highest BCUT2D eigenvalue weighted by Crippen LogP contribution is 2.38. The molecule has 3 nitrogen and oxygen atoms in total. The summed E-state index contributed by atoms with van der Waals surface area (Å²) in [6.45, 7) is 6.22. The van der Waals surface area contributed by atoms with Crippen LogP contribution in [0, 0.1) is 0 Å². The summed E-state index contributed by atoms with van der Waals surface area (Å²) in [6.07, 6.45) is 4.88. The van der Waals surface area contributed by atoms with E-state index in [1.165, 1.54) is 0 Å². The Morgan fingerprint density at radius 1 is 1.29 bits per heavy atom. The molecule has 0 unspecified atom stereocenters. The van der Waals surface area contributed by atoms with Crippen molar-refractivity contribution in [2.75, 3.05) is 13.7 Å². The smallest absolute Gasteiger partial charge is 0.321 e. The Kier molecular flexibility index (Phi) is 5.80. The van der Waals surface area contributed by atoms with Gasteiger partial charge in [0, 0.05) is 12.4 Å². The van der Waals surface area contributed by atoms with Gasteiger partial charge in [0.05, 0.1) is 12.7 Å². The zero-order valence-corrected chi connectivity index (χ0v) is 12.1. The van der Waals surface area contributed by atoms with Crippen molar-refractivity contribution in [2.24, 2.45) is 0 Å². The Hall–Kier alpha value is -0.220. The molecule has 0 aromatic rings. The average molecular weight is 260 g/mol. The van der Waals surface area contributed by atoms with Gasteiger partial charge in [-0.15, -0.1) is 11.8 Å². The lowest BCUT2D eigenvalue weighted by Crippen LogP contribution is -2.34. The van der Waals surface area contributed by atoms with Crippen LogP contribution in [0.3, 0.4) is 0 Å². The zero-order valence-electron chi connectivity index (χ0n) is 11.3. The Morgan fingerprint density at radius 2 is 1.88 bits per heavy atom. The molecular weight excluding hydrogens is 236 g/mol. The maximum absolute atomic E-state index is 11.8. The predicted octanol–water partition coefficient (Wildman–Crippen LogP) is 3.02. The molecule has 0 bridgehead atoms. The normalized spacial score (nSPS) is 25.6. The minimum atomic E-state index is -0.430. The molecule has 0 N–H and O–H groups in total. The van der Waals surface area contributed by atoms with Crippen molar-refractivity contribution in [1.29, 1.82) is 0 Å². The van der Waals surface area contributed by atoms with Crippen LogP contribution in [-0.2, 0) is 14.3 Å². The Bertz CT molecular complexity index is 245. The van der Waals surface area contributed by atoms with Crippen LogP contribution in [0.5, 0.6) is 0 Å². The largest absolute Gasteiger partial charge is 0.465 e. The number of ether oxygens (including phenoxy) is 2. The van der Waals surface area contributed by atoms with Crippen LogP contribution in [0.25, 0.3) is 0 Å². The molecule has 0 aromatic heterocycles. The quantitative estimate of drug-likeness (QED) is 0.712. The molecule has 0 aromatic carbocycles. The van der Waals surface area contributed by atoms with Crippen LogP contribution < -0.4 is 0 Å². The van der Waals surface area contributed by atoms with Crippen molar-refractivity contribution in [1.82, 2.24) is 0 Å². The van der Waals surface area contributed by atoms with Crippen LogP contribution in [-0.4, -0.2) is 35.8 Å². The molecule has 100 valence electrons. The SMILES string of the molecule is CCOC(=O)C(C)(C)S[C@H]1CC[C@H](OC)CC1. The van der Waals surface area contributed by atoms with Gasteiger partial charge < -0.3 is 9.47 Å². The highest BCUT2D eigenvalue weighted by Gasteiger charge is 2.34. The van der Waals surface area contributed by atoms with E-state index in [2.05, 4.69) is 0 Å². The molecule has 0 spiro atoms. The lowest BCUT2D eigenvalue weighted by atomic mass is 9.97. The third-order valence-corrected chi connectivity index (χ3v) is 4.74. The predicted molar refractivity (Wildman–Crippen MR) is 71.4 cm³/mol. The third-order valence-electron chi connectivity index (χ3n) is 3.18. The summed E-state index contributed by atoms with van der Waals surface area (Å²) in [5, 5.41) is 0.556. The number of hydrogen-bond acceptors (Lipinski definition) is 4. The van der Waals surface area contributed by atoms with Gasteiger partial charge in [0.2, 0.25) is 0 Å². The average Bonchev–Trinajstić information content (AvgIpc) is 2.30. The van der Waals surface area contributed by atoms with Gasteiger partial charge in [0.25, 0.3) is 0 Å². The second kappa shape index (κ2) is 6.64. The van der Waals surface area contributed by atoms with Crippen molar-refractivity contribution < 1.29 is 14.3 Å². The number of carbonyl (C=O) groups excluding carboxylic acids is 1. The highest BCUT2D eigenvalue weighted by molar-refractivity contribution is 8.01. The van der Waals surface area contributed by atoms with Crippen molar-refractivity contribution in [3.05, 3.63) is 0 Å². The van der Waals surface area contributed by atoms with Crippen molar-refractivity contribution in [2.45, 2.75) is 62.6 Å². The first kappa shape index (κ1) is 14.8. The molecule has 1 rings (SSSR count). The molecular formula is C13H24O3S. The number of carbonyl (C=O) groups is 1. The number of methoxy groups -OCH3 is 1. The van der Waals surface area contributed by atoms with E-state index in [-0.39, 0.29) is 5.97 Å². The lowest BCUT2D eigenvalue weighted by Gasteiger charge is -2.32. The van der Waals surface area contributed by atoms with Crippen LogP contribution in [0.1, 0.15) is 46.5 Å². The standard InChI is InChI=1S/C13H24O3S/c1-5-16-12(14)13(2,3)17-11-8-6-10(15-4)7-9-11/h10-11H,5-9H2,1-4H3/t10-,11-. The fraction of sp³-hybridized carbons (Fsp3) is 0.923.